The Hall–Kier alpha value is -2.09. The minimum Gasteiger partial charge on any atom is -0.375 e. The van der Waals surface area contributed by atoms with Gasteiger partial charge in [-0.15, -0.1) is 0 Å². The van der Waals surface area contributed by atoms with Crippen LogP contribution in [0.2, 0.25) is 0 Å². The second kappa shape index (κ2) is 6.51. The molecule has 2 aromatic heterocycles. The van der Waals surface area contributed by atoms with Crippen molar-refractivity contribution >= 4 is 11.6 Å². The zero-order chi connectivity index (χ0) is 19.2. The summed E-state index contributed by atoms with van der Waals surface area (Å²) in [5.74, 6) is -0.387. The fraction of sp³-hybridized carbons (Fsp3) is 0.579. The van der Waals surface area contributed by atoms with Gasteiger partial charge >= 0.3 is 6.18 Å². The highest BCUT2D eigenvalue weighted by Crippen LogP contribution is 2.40. The maximum Gasteiger partial charge on any atom is 0.433 e. The Balaban J connectivity index is 1.55. The molecule has 3 heterocycles. The second-order valence-corrected chi connectivity index (χ2v) is 7.61. The first-order valence-electron chi connectivity index (χ1n) is 9.28. The summed E-state index contributed by atoms with van der Waals surface area (Å²) in [6.45, 7) is 2.32. The fourth-order valence-corrected chi connectivity index (χ4v) is 4.30. The molecule has 27 heavy (non-hydrogen) atoms. The predicted molar refractivity (Wildman–Crippen MR) is 92.6 cm³/mol. The molecule has 5 nitrogen and oxygen atoms in total. The van der Waals surface area contributed by atoms with Crippen LogP contribution in [0.3, 0.4) is 0 Å². The number of amides is 1. The van der Waals surface area contributed by atoms with E-state index < -0.39 is 11.9 Å². The van der Waals surface area contributed by atoms with Gasteiger partial charge in [-0.3, -0.25) is 4.79 Å². The van der Waals surface area contributed by atoms with Gasteiger partial charge in [-0.05, 0) is 57.6 Å². The Morgan fingerprint density at radius 2 is 2.19 bits per heavy atom. The highest BCUT2D eigenvalue weighted by Gasteiger charge is 2.42. The van der Waals surface area contributed by atoms with Crippen molar-refractivity contribution in [1.82, 2.24) is 14.7 Å². The van der Waals surface area contributed by atoms with E-state index in [2.05, 4.69) is 10.3 Å². The van der Waals surface area contributed by atoms with E-state index in [1.54, 1.807) is 13.1 Å². The summed E-state index contributed by atoms with van der Waals surface area (Å²) >= 11 is 0. The zero-order valence-corrected chi connectivity index (χ0v) is 15.1. The first-order valence-corrected chi connectivity index (χ1v) is 9.28. The average molecular weight is 381 g/mol. The number of hydrogen-bond acceptors (Lipinski definition) is 3. The molecule has 1 N–H and O–H groups in total. The third-order valence-corrected chi connectivity index (χ3v) is 5.68. The molecule has 2 aliphatic rings. The normalized spacial score (nSPS) is 26.0. The maximum atomic E-state index is 13.1. The molecular weight excluding hydrogens is 359 g/mol. The van der Waals surface area contributed by atoms with Crippen molar-refractivity contribution in [3.05, 3.63) is 35.3 Å². The van der Waals surface area contributed by atoms with Gasteiger partial charge in [-0.2, -0.15) is 13.2 Å². The number of carbonyl (C=O) groups is 1. The van der Waals surface area contributed by atoms with Gasteiger partial charge in [0.1, 0.15) is 11.3 Å². The largest absolute Gasteiger partial charge is 0.433 e. The van der Waals surface area contributed by atoms with Crippen molar-refractivity contribution in [3.8, 4) is 0 Å². The van der Waals surface area contributed by atoms with Crippen LogP contribution in [-0.2, 0) is 10.9 Å². The molecule has 2 fully saturated rings. The molecule has 0 aromatic carbocycles. The molecule has 1 aliphatic carbocycles. The molecule has 1 saturated heterocycles. The van der Waals surface area contributed by atoms with Crippen molar-refractivity contribution in [1.29, 1.82) is 0 Å². The lowest BCUT2D eigenvalue weighted by Gasteiger charge is -2.33. The van der Waals surface area contributed by atoms with Gasteiger partial charge in [0.2, 0.25) is 0 Å². The summed E-state index contributed by atoms with van der Waals surface area (Å²) < 4.78 is 46.7. The quantitative estimate of drug-likeness (QED) is 0.859. The molecule has 8 heteroatoms. The minimum atomic E-state index is -4.55. The molecule has 0 radical (unpaired) electrons. The number of alkyl halides is 3. The summed E-state index contributed by atoms with van der Waals surface area (Å²) in [5, 5.41) is 2.97. The van der Waals surface area contributed by atoms with E-state index in [0.29, 0.717) is 5.69 Å². The Labute approximate surface area is 154 Å². The highest BCUT2D eigenvalue weighted by molar-refractivity contribution is 6.00. The maximum absolute atomic E-state index is 13.1. The summed E-state index contributed by atoms with van der Waals surface area (Å²) in [6.07, 6.45) is 2.71. The molecule has 2 aromatic rings. The van der Waals surface area contributed by atoms with Crippen LogP contribution < -0.4 is 5.32 Å². The molecule has 0 bridgehead atoms. The lowest BCUT2D eigenvalue weighted by molar-refractivity contribution is -0.141. The Morgan fingerprint density at radius 1 is 1.37 bits per heavy atom. The molecular formula is C19H22F3N3O2. The zero-order valence-electron chi connectivity index (χ0n) is 15.1. The van der Waals surface area contributed by atoms with E-state index in [1.807, 2.05) is 0 Å². The molecule has 2 atom stereocenters. The summed E-state index contributed by atoms with van der Waals surface area (Å²) in [7, 11) is 0. The number of nitrogens with one attached hydrogen (secondary N) is 1. The van der Waals surface area contributed by atoms with Crippen LogP contribution in [-0.4, -0.2) is 33.5 Å². The van der Waals surface area contributed by atoms with Crippen LogP contribution >= 0.6 is 0 Å². The Kier molecular flexibility index (Phi) is 4.41. The van der Waals surface area contributed by atoms with Crippen LogP contribution in [0.1, 0.15) is 60.3 Å². The van der Waals surface area contributed by atoms with E-state index in [9.17, 15) is 18.0 Å². The molecule has 1 amide bonds. The van der Waals surface area contributed by atoms with Crippen LogP contribution in [0.5, 0.6) is 0 Å². The number of ether oxygens (including phenoxy) is 1. The van der Waals surface area contributed by atoms with Gasteiger partial charge in [-0.1, -0.05) is 0 Å². The van der Waals surface area contributed by atoms with E-state index in [-0.39, 0.29) is 28.8 Å². The van der Waals surface area contributed by atoms with E-state index >= 15 is 0 Å². The third-order valence-electron chi connectivity index (χ3n) is 5.68. The van der Waals surface area contributed by atoms with Gasteiger partial charge in [0.05, 0.1) is 11.2 Å². The lowest BCUT2D eigenvalue weighted by Crippen LogP contribution is -2.38. The first kappa shape index (κ1) is 18.3. The van der Waals surface area contributed by atoms with E-state index in [0.717, 1.165) is 51.2 Å². The van der Waals surface area contributed by atoms with E-state index in [4.69, 9.17) is 4.74 Å². The predicted octanol–water partition coefficient (Wildman–Crippen LogP) is 3.88. The molecule has 4 rings (SSSR count). The smallest absolute Gasteiger partial charge is 0.375 e. The van der Waals surface area contributed by atoms with Crippen molar-refractivity contribution in [2.45, 2.75) is 63.3 Å². The summed E-state index contributed by atoms with van der Waals surface area (Å²) in [5.41, 5.74) is -0.564. The number of aryl methyl sites for hydroxylation is 1. The van der Waals surface area contributed by atoms with Gasteiger partial charge in [0, 0.05) is 24.5 Å². The fourth-order valence-electron chi connectivity index (χ4n) is 4.30. The van der Waals surface area contributed by atoms with Crippen molar-refractivity contribution in [2.75, 3.05) is 6.61 Å². The number of nitrogens with zero attached hydrogens (tertiary/aromatic N) is 2. The van der Waals surface area contributed by atoms with Gasteiger partial charge < -0.3 is 14.5 Å². The van der Waals surface area contributed by atoms with Crippen molar-refractivity contribution in [2.24, 2.45) is 0 Å². The number of carbonyl (C=O) groups excluding carboxylic acids is 1. The molecule has 1 spiro atoms. The van der Waals surface area contributed by atoms with Crippen LogP contribution in [0.15, 0.2) is 18.3 Å². The lowest BCUT2D eigenvalue weighted by atomic mass is 9.92. The van der Waals surface area contributed by atoms with Gasteiger partial charge in [0.25, 0.3) is 5.91 Å². The van der Waals surface area contributed by atoms with Crippen molar-refractivity contribution < 1.29 is 22.7 Å². The van der Waals surface area contributed by atoms with Gasteiger partial charge in [-0.25, -0.2) is 4.98 Å². The number of halogens is 3. The Morgan fingerprint density at radius 3 is 2.89 bits per heavy atom. The first-order chi connectivity index (χ1) is 12.8. The standard InChI is InChI=1S/C19H22F3N3O2/c1-12-10-15(19(20,21)22)24-16-14(5-8-25(12)16)17(26)23-13-4-7-18(11-13)6-2-3-9-27-18/h5,8,10,13H,2-4,6-7,9,11H2,1H3,(H,23,26). The Bertz CT molecular complexity index is 869. The number of rotatable bonds is 2. The molecule has 2 unspecified atom stereocenters. The SMILES string of the molecule is Cc1cc(C(F)(F)F)nc2c(C(=O)NC3CCC4(CCCCO4)C3)ccn12. The number of hydrogen-bond donors (Lipinski definition) is 1. The summed E-state index contributed by atoms with van der Waals surface area (Å²) in [4.78, 5) is 16.4. The average Bonchev–Trinajstić information content (AvgIpc) is 3.20. The van der Waals surface area contributed by atoms with Crippen LogP contribution in [0.25, 0.3) is 5.65 Å². The number of aromatic nitrogens is 2. The second-order valence-electron chi connectivity index (χ2n) is 7.61. The topological polar surface area (TPSA) is 55.6 Å². The van der Waals surface area contributed by atoms with E-state index in [1.165, 1.54) is 10.5 Å². The van der Waals surface area contributed by atoms with Crippen molar-refractivity contribution in [3.63, 3.8) is 0 Å². The number of fused-ring (bicyclic) bond motifs is 1. The monoisotopic (exact) mass is 381 g/mol. The highest BCUT2D eigenvalue weighted by atomic mass is 19.4. The summed E-state index contributed by atoms with van der Waals surface area (Å²) in [6, 6.07) is 2.47. The third kappa shape index (κ3) is 3.42. The van der Waals surface area contributed by atoms with Gasteiger partial charge in [0.15, 0.2) is 0 Å². The van der Waals surface area contributed by atoms with Crippen LogP contribution in [0.4, 0.5) is 13.2 Å². The van der Waals surface area contributed by atoms with Crippen LogP contribution in [0, 0.1) is 6.92 Å². The minimum absolute atomic E-state index is 0.0291. The molecule has 1 aliphatic heterocycles. The molecule has 1 saturated carbocycles. The molecule has 146 valence electrons.